The highest BCUT2D eigenvalue weighted by Crippen LogP contribution is 2.25. The van der Waals surface area contributed by atoms with E-state index in [4.69, 9.17) is 9.47 Å². The zero-order chi connectivity index (χ0) is 8.39. The Balaban J connectivity index is 1.78. The van der Waals surface area contributed by atoms with Gasteiger partial charge in [0.05, 0.1) is 18.8 Å². The van der Waals surface area contributed by atoms with Crippen LogP contribution in [0, 0.1) is 0 Å². The molecule has 3 heteroatoms. The van der Waals surface area contributed by atoms with E-state index in [2.05, 4.69) is 4.90 Å². The van der Waals surface area contributed by atoms with Crippen LogP contribution in [0.15, 0.2) is 0 Å². The van der Waals surface area contributed by atoms with E-state index < -0.39 is 0 Å². The predicted octanol–water partition coefficient (Wildman–Crippen LogP) is 0.496. The van der Waals surface area contributed by atoms with E-state index in [1.807, 2.05) is 0 Å². The molecule has 2 saturated heterocycles. The second kappa shape index (κ2) is 3.73. The highest BCUT2D eigenvalue weighted by molar-refractivity contribution is 4.84. The Morgan fingerprint density at radius 2 is 2.00 bits per heavy atom. The van der Waals surface area contributed by atoms with Gasteiger partial charge in [0.25, 0.3) is 0 Å². The van der Waals surface area contributed by atoms with Gasteiger partial charge in [-0.25, -0.2) is 0 Å². The monoisotopic (exact) mass is 171 g/mol. The maximum Gasteiger partial charge on any atom is 0.0707 e. The summed E-state index contributed by atoms with van der Waals surface area (Å²) in [5.41, 5.74) is 0. The van der Waals surface area contributed by atoms with Crippen molar-refractivity contribution < 1.29 is 9.47 Å². The molecular weight excluding hydrogens is 154 g/mol. The molecule has 2 bridgehead atoms. The molecule has 2 rings (SSSR count). The molecule has 2 fully saturated rings. The Bertz CT molecular complexity index is 139. The number of morpholine rings is 1. The summed E-state index contributed by atoms with van der Waals surface area (Å²) in [5, 5.41) is 0. The molecule has 2 aliphatic heterocycles. The molecule has 0 aromatic heterocycles. The Morgan fingerprint density at radius 3 is 2.58 bits per heavy atom. The van der Waals surface area contributed by atoms with Crippen LogP contribution in [0.25, 0.3) is 0 Å². The maximum atomic E-state index is 5.72. The van der Waals surface area contributed by atoms with Crippen molar-refractivity contribution in [3.63, 3.8) is 0 Å². The Morgan fingerprint density at radius 1 is 1.33 bits per heavy atom. The second-order valence-electron chi connectivity index (χ2n) is 3.71. The molecule has 0 spiro atoms. The van der Waals surface area contributed by atoms with E-state index in [-0.39, 0.29) is 0 Å². The van der Waals surface area contributed by atoms with Crippen molar-refractivity contribution in [1.29, 1.82) is 0 Å². The van der Waals surface area contributed by atoms with Crippen LogP contribution in [0.3, 0.4) is 0 Å². The predicted molar refractivity (Wildman–Crippen MR) is 46.2 cm³/mol. The minimum Gasteiger partial charge on any atom is -0.383 e. The Labute approximate surface area is 73.6 Å². The van der Waals surface area contributed by atoms with Crippen LogP contribution in [-0.4, -0.2) is 50.5 Å². The van der Waals surface area contributed by atoms with Crippen molar-refractivity contribution in [1.82, 2.24) is 4.90 Å². The van der Waals surface area contributed by atoms with E-state index in [0.29, 0.717) is 12.2 Å². The van der Waals surface area contributed by atoms with Gasteiger partial charge < -0.3 is 9.47 Å². The van der Waals surface area contributed by atoms with Gasteiger partial charge in [-0.15, -0.1) is 0 Å². The lowest BCUT2D eigenvalue weighted by Gasteiger charge is -2.31. The Kier molecular flexibility index (Phi) is 2.63. The van der Waals surface area contributed by atoms with Gasteiger partial charge in [0.2, 0.25) is 0 Å². The number of methoxy groups -OCH3 is 1. The molecular formula is C9H17NO2. The normalized spacial score (nSPS) is 35.8. The smallest absolute Gasteiger partial charge is 0.0707 e. The molecule has 0 aliphatic carbocycles. The molecule has 2 heterocycles. The lowest BCUT2D eigenvalue weighted by Crippen LogP contribution is -2.43. The van der Waals surface area contributed by atoms with Crippen molar-refractivity contribution in [2.45, 2.75) is 25.0 Å². The third kappa shape index (κ3) is 1.79. The summed E-state index contributed by atoms with van der Waals surface area (Å²) >= 11 is 0. The first-order valence-electron chi connectivity index (χ1n) is 4.75. The van der Waals surface area contributed by atoms with E-state index >= 15 is 0 Å². The van der Waals surface area contributed by atoms with E-state index in [1.165, 1.54) is 12.8 Å². The van der Waals surface area contributed by atoms with Gasteiger partial charge in [-0.1, -0.05) is 0 Å². The molecule has 0 N–H and O–H groups in total. The lowest BCUT2D eigenvalue weighted by atomic mass is 10.2. The number of hydrogen-bond donors (Lipinski definition) is 0. The van der Waals surface area contributed by atoms with Gasteiger partial charge in [0.15, 0.2) is 0 Å². The van der Waals surface area contributed by atoms with Crippen molar-refractivity contribution in [2.75, 3.05) is 33.4 Å². The summed E-state index contributed by atoms with van der Waals surface area (Å²) in [6.07, 6.45) is 3.55. The average Bonchev–Trinajstić information content (AvgIpc) is 2.42. The summed E-state index contributed by atoms with van der Waals surface area (Å²) in [6, 6.07) is 0. The molecule has 0 aromatic rings. The topological polar surface area (TPSA) is 21.7 Å². The van der Waals surface area contributed by atoms with Crippen molar-refractivity contribution in [2.24, 2.45) is 0 Å². The van der Waals surface area contributed by atoms with Crippen molar-refractivity contribution >= 4 is 0 Å². The zero-order valence-electron chi connectivity index (χ0n) is 7.66. The molecule has 0 aromatic carbocycles. The molecule has 3 nitrogen and oxygen atoms in total. The van der Waals surface area contributed by atoms with Crippen LogP contribution in [0.2, 0.25) is 0 Å². The molecule has 0 amide bonds. The number of nitrogens with zero attached hydrogens (tertiary/aromatic N) is 1. The van der Waals surface area contributed by atoms with E-state index in [0.717, 1.165) is 26.2 Å². The van der Waals surface area contributed by atoms with Gasteiger partial charge in [0, 0.05) is 26.7 Å². The number of rotatable bonds is 3. The first-order valence-corrected chi connectivity index (χ1v) is 4.75. The van der Waals surface area contributed by atoms with E-state index in [1.54, 1.807) is 7.11 Å². The van der Waals surface area contributed by atoms with Crippen LogP contribution in [-0.2, 0) is 9.47 Å². The SMILES string of the molecule is COCCN1CC2CC[C@H](C1)O2. The number of ether oxygens (including phenoxy) is 2. The molecule has 0 saturated carbocycles. The second-order valence-corrected chi connectivity index (χ2v) is 3.71. The standard InChI is InChI=1S/C9H17NO2/c1-11-5-4-10-6-8-2-3-9(7-10)12-8/h8-9H,2-7H2,1H3/t8-,9?/m1/s1. The van der Waals surface area contributed by atoms with Crippen LogP contribution < -0.4 is 0 Å². The summed E-state index contributed by atoms with van der Waals surface area (Å²) < 4.78 is 10.8. The van der Waals surface area contributed by atoms with Gasteiger partial charge in [-0.2, -0.15) is 0 Å². The van der Waals surface area contributed by atoms with Crippen LogP contribution in [0.5, 0.6) is 0 Å². The summed E-state index contributed by atoms with van der Waals surface area (Å²) in [4.78, 5) is 2.45. The van der Waals surface area contributed by atoms with Crippen LogP contribution in [0.4, 0.5) is 0 Å². The summed E-state index contributed by atoms with van der Waals surface area (Å²) in [7, 11) is 1.76. The fourth-order valence-electron chi connectivity index (χ4n) is 2.10. The quantitative estimate of drug-likeness (QED) is 0.617. The molecule has 1 unspecified atom stereocenters. The minimum atomic E-state index is 0.514. The molecule has 0 radical (unpaired) electrons. The molecule has 2 aliphatic rings. The van der Waals surface area contributed by atoms with Gasteiger partial charge in [-0.3, -0.25) is 4.90 Å². The van der Waals surface area contributed by atoms with Gasteiger partial charge >= 0.3 is 0 Å². The van der Waals surface area contributed by atoms with E-state index in [9.17, 15) is 0 Å². The Hall–Kier alpha value is -0.120. The van der Waals surface area contributed by atoms with Gasteiger partial charge in [-0.05, 0) is 12.8 Å². The zero-order valence-corrected chi connectivity index (χ0v) is 7.66. The third-order valence-electron chi connectivity index (χ3n) is 2.73. The average molecular weight is 171 g/mol. The van der Waals surface area contributed by atoms with Crippen LogP contribution in [0.1, 0.15) is 12.8 Å². The number of fused-ring (bicyclic) bond motifs is 2. The summed E-state index contributed by atoms with van der Waals surface area (Å²) in [5.74, 6) is 0. The van der Waals surface area contributed by atoms with Crippen molar-refractivity contribution in [3.05, 3.63) is 0 Å². The third-order valence-corrected chi connectivity index (χ3v) is 2.73. The number of likely N-dealkylation sites (tertiary alicyclic amines) is 1. The summed E-state index contributed by atoms with van der Waals surface area (Å²) in [6.45, 7) is 4.13. The maximum absolute atomic E-state index is 5.72. The first kappa shape index (κ1) is 8.48. The fraction of sp³-hybridized carbons (Fsp3) is 1.00. The van der Waals surface area contributed by atoms with Crippen molar-refractivity contribution in [3.8, 4) is 0 Å². The minimum absolute atomic E-state index is 0.514. The van der Waals surface area contributed by atoms with Crippen LogP contribution >= 0.6 is 0 Å². The first-order chi connectivity index (χ1) is 5.88. The highest BCUT2D eigenvalue weighted by Gasteiger charge is 2.33. The largest absolute Gasteiger partial charge is 0.383 e. The highest BCUT2D eigenvalue weighted by atomic mass is 16.5. The fourth-order valence-corrected chi connectivity index (χ4v) is 2.10. The molecule has 2 atom stereocenters. The van der Waals surface area contributed by atoms with Gasteiger partial charge in [0.1, 0.15) is 0 Å². The molecule has 12 heavy (non-hydrogen) atoms. The number of hydrogen-bond acceptors (Lipinski definition) is 3. The lowest BCUT2D eigenvalue weighted by molar-refractivity contribution is -0.0433. The molecule has 70 valence electrons.